The summed E-state index contributed by atoms with van der Waals surface area (Å²) < 4.78 is 25.7. The van der Waals surface area contributed by atoms with Crippen LogP contribution in [0.5, 0.6) is 0 Å². The number of sulfonamides is 1. The van der Waals surface area contributed by atoms with Crippen molar-refractivity contribution in [3.63, 3.8) is 0 Å². The molecule has 0 saturated carbocycles. The number of fused-ring (bicyclic) bond motifs is 1. The van der Waals surface area contributed by atoms with E-state index in [1.165, 1.54) is 0 Å². The average Bonchev–Trinajstić information content (AvgIpc) is 3.18. The molecule has 0 spiro atoms. The second kappa shape index (κ2) is 8.93. The van der Waals surface area contributed by atoms with Gasteiger partial charge in [-0.2, -0.15) is 10.1 Å². The van der Waals surface area contributed by atoms with Crippen LogP contribution in [0.4, 0.5) is 23.1 Å². The van der Waals surface area contributed by atoms with E-state index in [4.69, 9.17) is 0 Å². The summed E-state index contributed by atoms with van der Waals surface area (Å²) in [5, 5.41) is 11.6. The Morgan fingerprint density at radius 1 is 1.09 bits per heavy atom. The van der Waals surface area contributed by atoms with Crippen LogP contribution in [0.15, 0.2) is 54.7 Å². The maximum absolute atomic E-state index is 11.6. The second-order valence-corrected chi connectivity index (χ2v) is 9.49. The third kappa shape index (κ3) is 4.87. The summed E-state index contributed by atoms with van der Waals surface area (Å²) in [6.07, 6.45) is 1.70. The van der Waals surface area contributed by atoms with Gasteiger partial charge in [0.1, 0.15) is 5.82 Å². The third-order valence-electron chi connectivity index (χ3n) is 5.19. The van der Waals surface area contributed by atoms with Gasteiger partial charge < -0.3 is 10.2 Å². The van der Waals surface area contributed by atoms with Crippen LogP contribution < -0.4 is 14.9 Å². The van der Waals surface area contributed by atoms with Crippen LogP contribution in [0.2, 0.25) is 0 Å². The number of aryl methyl sites for hydroxylation is 1. The predicted molar refractivity (Wildman–Crippen MR) is 127 cm³/mol. The average molecular weight is 452 g/mol. The third-order valence-corrected chi connectivity index (χ3v) is 6.53. The lowest BCUT2D eigenvalue weighted by Gasteiger charge is -2.19. The van der Waals surface area contributed by atoms with Gasteiger partial charge in [-0.05, 0) is 55.8 Å². The van der Waals surface area contributed by atoms with Crippen LogP contribution in [0.1, 0.15) is 18.2 Å². The molecule has 0 radical (unpaired) electrons. The molecule has 0 unspecified atom stereocenters. The summed E-state index contributed by atoms with van der Waals surface area (Å²) in [5.74, 6) is 1.26. The first kappa shape index (κ1) is 21.7. The van der Waals surface area contributed by atoms with E-state index in [0.717, 1.165) is 39.4 Å². The molecule has 2 heterocycles. The van der Waals surface area contributed by atoms with E-state index in [0.29, 0.717) is 5.95 Å². The van der Waals surface area contributed by atoms with Gasteiger partial charge in [-0.1, -0.05) is 12.1 Å². The Labute approximate surface area is 187 Å². The fourth-order valence-corrected chi connectivity index (χ4v) is 3.79. The number of nitrogens with zero attached hydrogens (tertiary/aromatic N) is 4. The normalized spacial score (nSPS) is 11.6. The number of aromatic amines is 1. The molecule has 4 aromatic rings. The Bertz CT molecular complexity index is 1330. The summed E-state index contributed by atoms with van der Waals surface area (Å²) in [6, 6.07) is 15.4. The zero-order valence-electron chi connectivity index (χ0n) is 18.1. The second-order valence-electron chi connectivity index (χ2n) is 7.39. The lowest BCUT2D eigenvalue weighted by atomic mass is 10.2. The zero-order chi connectivity index (χ0) is 22.7. The van der Waals surface area contributed by atoms with E-state index in [2.05, 4.69) is 30.2 Å². The number of hydrogen-bond donors (Lipinski definition) is 3. The quantitative estimate of drug-likeness (QED) is 0.375. The van der Waals surface area contributed by atoms with Gasteiger partial charge in [0, 0.05) is 42.2 Å². The summed E-state index contributed by atoms with van der Waals surface area (Å²) >= 11 is 0. The van der Waals surface area contributed by atoms with Gasteiger partial charge in [-0.25, -0.2) is 18.1 Å². The molecular formula is C22H25N7O2S. The minimum Gasteiger partial charge on any atom is -0.329 e. The van der Waals surface area contributed by atoms with Crippen molar-refractivity contribution >= 4 is 44.1 Å². The molecule has 0 bridgehead atoms. The van der Waals surface area contributed by atoms with Crippen molar-refractivity contribution in [1.82, 2.24) is 24.9 Å². The molecule has 0 amide bonds. The summed E-state index contributed by atoms with van der Waals surface area (Å²) in [6.45, 7) is 3.86. The Kier molecular flexibility index (Phi) is 6.06. The first-order valence-electron chi connectivity index (χ1n) is 10.2. The fraction of sp³-hybridized carbons (Fsp3) is 0.227. The lowest BCUT2D eigenvalue weighted by Crippen LogP contribution is -2.24. The van der Waals surface area contributed by atoms with E-state index >= 15 is 0 Å². The van der Waals surface area contributed by atoms with E-state index in [1.54, 1.807) is 13.1 Å². The monoisotopic (exact) mass is 451 g/mol. The number of H-pyrrole nitrogens is 1. The molecule has 10 heteroatoms. The van der Waals surface area contributed by atoms with Crippen LogP contribution >= 0.6 is 0 Å². The van der Waals surface area contributed by atoms with Crippen molar-refractivity contribution in [2.75, 3.05) is 23.0 Å². The van der Waals surface area contributed by atoms with Crippen LogP contribution in [0, 0.1) is 6.92 Å². The Morgan fingerprint density at radius 3 is 2.62 bits per heavy atom. The van der Waals surface area contributed by atoms with Gasteiger partial charge in [0.15, 0.2) is 0 Å². The van der Waals surface area contributed by atoms with Crippen LogP contribution in [0.3, 0.4) is 0 Å². The maximum Gasteiger partial charge on any atom is 0.229 e. The van der Waals surface area contributed by atoms with Gasteiger partial charge >= 0.3 is 0 Å². The van der Waals surface area contributed by atoms with Crippen molar-refractivity contribution in [2.24, 2.45) is 0 Å². The highest BCUT2D eigenvalue weighted by atomic mass is 32.2. The molecule has 32 heavy (non-hydrogen) atoms. The molecule has 9 nitrogen and oxygen atoms in total. The molecule has 2 aromatic carbocycles. The molecule has 0 saturated heterocycles. The number of nitrogens with one attached hydrogen (secondary N) is 3. The largest absolute Gasteiger partial charge is 0.329 e. The molecule has 2 aromatic heterocycles. The van der Waals surface area contributed by atoms with Crippen LogP contribution in [-0.4, -0.2) is 41.4 Å². The zero-order valence-corrected chi connectivity index (χ0v) is 18.9. The molecule has 0 atom stereocenters. The van der Waals surface area contributed by atoms with Crippen molar-refractivity contribution in [3.05, 3.63) is 66.0 Å². The van der Waals surface area contributed by atoms with Crippen LogP contribution in [-0.2, 0) is 16.6 Å². The highest BCUT2D eigenvalue weighted by molar-refractivity contribution is 7.89. The van der Waals surface area contributed by atoms with Crippen molar-refractivity contribution in [3.8, 4) is 0 Å². The van der Waals surface area contributed by atoms with Gasteiger partial charge in [0.25, 0.3) is 0 Å². The fourth-order valence-electron chi connectivity index (χ4n) is 3.20. The van der Waals surface area contributed by atoms with Gasteiger partial charge in [0.05, 0.1) is 11.3 Å². The van der Waals surface area contributed by atoms with E-state index < -0.39 is 10.0 Å². The lowest BCUT2D eigenvalue weighted by molar-refractivity contribution is 0.582. The molecule has 0 fully saturated rings. The number of aromatic nitrogens is 4. The number of benzene rings is 2. The number of anilines is 4. The summed E-state index contributed by atoms with van der Waals surface area (Å²) in [5.41, 5.74) is 4.58. The molecular weight excluding hydrogens is 426 g/mol. The molecule has 166 valence electrons. The van der Waals surface area contributed by atoms with Gasteiger partial charge in [-0.15, -0.1) is 0 Å². The van der Waals surface area contributed by atoms with E-state index in [9.17, 15) is 8.42 Å². The number of hydrogen-bond acceptors (Lipinski definition) is 7. The molecule has 0 aliphatic heterocycles. The SMILES string of the molecule is CCS(=O)(=O)NCc1ccc(Nc2nccc(N(C)c3ccc4c(C)[nH]nc4c3)n2)cc1. The standard InChI is InChI=1S/C22H25N7O2S/c1-4-32(30,31)24-14-16-5-7-17(8-6-16)25-22-23-12-11-21(26-22)29(3)18-9-10-19-15(2)27-28-20(19)13-18/h5-13,24H,4,14H2,1-3H3,(H,27,28)(H,23,25,26). The van der Waals surface area contributed by atoms with Crippen molar-refractivity contribution in [1.29, 1.82) is 0 Å². The Hall–Kier alpha value is -3.50. The Balaban J connectivity index is 1.46. The topological polar surface area (TPSA) is 116 Å². The summed E-state index contributed by atoms with van der Waals surface area (Å²) in [4.78, 5) is 10.9. The minimum atomic E-state index is -3.22. The van der Waals surface area contributed by atoms with Gasteiger partial charge in [-0.3, -0.25) is 5.10 Å². The molecule has 0 aliphatic rings. The van der Waals surface area contributed by atoms with Gasteiger partial charge in [0.2, 0.25) is 16.0 Å². The first-order valence-corrected chi connectivity index (χ1v) is 11.8. The number of rotatable bonds is 8. The van der Waals surface area contributed by atoms with Crippen molar-refractivity contribution < 1.29 is 8.42 Å². The highest BCUT2D eigenvalue weighted by Crippen LogP contribution is 2.27. The minimum absolute atomic E-state index is 0.0595. The first-order chi connectivity index (χ1) is 15.3. The Morgan fingerprint density at radius 2 is 1.88 bits per heavy atom. The predicted octanol–water partition coefficient (Wildman–Crippen LogP) is 3.61. The van der Waals surface area contributed by atoms with E-state index in [1.807, 2.05) is 67.4 Å². The molecule has 3 N–H and O–H groups in total. The highest BCUT2D eigenvalue weighted by Gasteiger charge is 2.10. The smallest absolute Gasteiger partial charge is 0.229 e. The van der Waals surface area contributed by atoms with E-state index in [-0.39, 0.29) is 12.3 Å². The van der Waals surface area contributed by atoms with Crippen molar-refractivity contribution in [2.45, 2.75) is 20.4 Å². The maximum atomic E-state index is 11.6. The summed E-state index contributed by atoms with van der Waals surface area (Å²) in [7, 11) is -1.28. The molecule has 4 rings (SSSR count). The van der Waals surface area contributed by atoms with Crippen LogP contribution in [0.25, 0.3) is 10.9 Å². The molecule has 0 aliphatic carbocycles.